The summed E-state index contributed by atoms with van der Waals surface area (Å²) in [7, 11) is 1.65. The molecule has 1 amide bonds. The number of likely N-dealkylation sites (tertiary alicyclic amines) is 1. The van der Waals surface area contributed by atoms with Gasteiger partial charge in [-0.1, -0.05) is 40.2 Å². The number of fused-ring (bicyclic) bond motifs is 1. The van der Waals surface area contributed by atoms with Gasteiger partial charge in [0, 0.05) is 37.3 Å². The summed E-state index contributed by atoms with van der Waals surface area (Å²) in [5.74, 6) is 0.0676. The van der Waals surface area contributed by atoms with Crippen LogP contribution in [0, 0.1) is 0 Å². The van der Waals surface area contributed by atoms with Crippen molar-refractivity contribution in [2.75, 3.05) is 18.9 Å². The maximum absolute atomic E-state index is 12.3. The van der Waals surface area contributed by atoms with Crippen LogP contribution < -0.4 is 5.32 Å². The molecular formula is C19H15ClN6O3S. The lowest BCUT2D eigenvalue weighted by atomic mass is 9.97. The zero-order valence-electron chi connectivity index (χ0n) is 15.7. The van der Waals surface area contributed by atoms with Gasteiger partial charge < -0.3 is 19.8 Å². The number of carbonyl (C=O) groups is 1. The van der Waals surface area contributed by atoms with Crippen LogP contribution in [0.15, 0.2) is 41.2 Å². The van der Waals surface area contributed by atoms with Gasteiger partial charge >= 0.3 is 0 Å². The molecule has 5 rings (SSSR count). The number of hydrogen-bond donors (Lipinski definition) is 2. The quantitative estimate of drug-likeness (QED) is 0.463. The first kappa shape index (κ1) is 18.9. The number of benzene rings is 1. The number of aromatic nitrogens is 4. The number of anilines is 2. The number of halogens is 1. The second-order valence-corrected chi connectivity index (χ2v) is 8.29. The van der Waals surface area contributed by atoms with Crippen molar-refractivity contribution in [2.45, 2.75) is 12.0 Å². The molecule has 0 radical (unpaired) electrons. The van der Waals surface area contributed by atoms with Crippen LogP contribution in [0.5, 0.6) is 0 Å². The summed E-state index contributed by atoms with van der Waals surface area (Å²) in [6.45, 7) is 0.466. The molecule has 11 heteroatoms. The van der Waals surface area contributed by atoms with E-state index in [0.717, 1.165) is 11.3 Å². The molecule has 1 atom stereocenters. The van der Waals surface area contributed by atoms with E-state index in [0.29, 0.717) is 32.9 Å². The van der Waals surface area contributed by atoms with Gasteiger partial charge in [-0.25, -0.2) is 15.0 Å². The number of carbonyl (C=O) groups excluding carboxylic acids is 1. The van der Waals surface area contributed by atoms with Gasteiger partial charge in [0.2, 0.25) is 0 Å². The van der Waals surface area contributed by atoms with Crippen LogP contribution in [0.1, 0.15) is 12.1 Å². The number of nitrogens with one attached hydrogen (secondary N) is 1. The van der Waals surface area contributed by atoms with Gasteiger partial charge in [0.05, 0.1) is 0 Å². The lowest BCUT2D eigenvalue weighted by molar-refractivity contribution is -0.143. The Kier molecular flexibility index (Phi) is 4.42. The van der Waals surface area contributed by atoms with Gasteiger partial charge in [-0.2, -0.15) is 0 Å². The molecule has 1 aliphatic heterocycles. The molecule has 4 heterocycles. The zero-order chi connectivity index (χ0) is 20.9. The van der Waals surface area contributed by atoms with Crippen molar-refractivity contribution in [3.63, 3.8) is 0 Å². The maximum atomic E-state index is 12.3. The van der Waals surface area contributed by atoms with Gasteiger partial charge in [0.15, 0.2) is 21.6 Å². The summed E-state index contributed by atoms with van der Waals surface area (Å²) >= 11 is 7.42. The van der Waals surface area contributed by atoms with E-state index in [2.05, 4.69) is 25.4 Å². The second-order valence-electron chi connectivity index (χ2n) is 6.96. The van der Waals surface area contributed by atoms with Crippen LogP contribution in [0.3, 0.4) is 0 Å². The van der Waals surface area contributed by atoms with Gasteiger partial charge in [0.1, 0.15) is 22.4 Å². The highest BCUT2D eigenvalue weighted by Gasteiger charge is 2.47. The van der Waals surface area contributed by atoms with Crippen molar-refractivity contribution in [1.29, 1.82) is 0 Å². The molecule has 1 saturated heterocycles. The van der Waals surface area contributed by atoms with E-state index in [9.17, 15) is 9.90 Å². The average Bonchev–Trinajstić information content (AvgIpc) is 3.45. The first-order valence-electron chi connectivity index (χ1n) is 9.04. The van der Waals surface area contributed by atoms with Crippen LogP contribution in [0.25, 0.3) is 21.7 Å². The Morgan fingerprint density at radius 3 is 2.97 bits per heavy atom. The summed E-state index contributed by atoms with van der Waals surface area (Å²) in [4.78, 5) is 27.0. The summed E-state index contributed by atoms with van der Waals surface area (Å²) in [5.41, 5.74) is 0.615. The second kappa shape index (κ2) is 7.01. The Balaban J connectivity index is 1.42. The predicted octanol–water partition coefficient (Wildman–Crippen LogP) is 3.19. The highest BCUT2D eigenvalue weighted by Crippen LogP contribution is 2.35. The van der Waals surface area contributed by atoms with Gasteiger partial charge in [0.25, 0.3) is 5.91 Å². The molecule has 152 valence electrons. The number of hydrogen-bond acceptors (Lipinski definition) is 9. The summed E-state index contributed by atoms with van der Waals surface area (Å²) < 4.78 is 5.42. The van der Waals surface area contributed by atoms with E-state index in [1.807, 2.05) is 24.3 Å². The van der Waals surface area contributed by atoms with Crippen LogP contribution in [0.4, 0.5) is 10.8 Å². The van der Waals surface area contributed by atoms with E-state index in [-0.39, 0.29) is 18.0 Å². The van der Waals surface area contributed by atoms with Crippen LogP contribution >= 0.6 is 22.9 Å². The Morgan fingerprint density at radius 1 is 1.33 bits per heavy atom. The first-order valence-corrected chi connectivity index (χ1v) is 10.2. The number of aliphatic hydroxyl groups is 1. The van der Waals surface area contributed by atoms with Gasteiger partial charge in [-0.05, 0) is 12.1 Å². The molecule has 0 aliphatic carbocycles. The molecule has 1 aromatic carbocycles. The van der Waals surface area contributed by atoms with E-state index < -0.39 is 5.60 Å². The van der Waals surface area contributed by atoms with E-state index in [1.165, 1.54) is 22.6 Å². The molecule has 0 bridgehead atoms. The summed E-state index contributed by atoms with van der Waals surface area (Å²) in [6, 6.07) is 9.04. The van der Waals surface area contributed by atoms with E-state index >= 15 is 0 Å². The summed E-state index contributed by atoms with van der Waals surface area (Å²) in [5, 5.41) is 18.8. The van der Waals surface area contributed by atoms with Crippen molar-refractivity contribution in [1.82, 2.24) is 25.0 Å². The normalized spacial score (nSPS) is 19.0. The first-order chi connectivity index (χ1) is 14.4. The maximum Gasteiger partial charge on any atom is 0.260 e. The third kappa shape index (κ3) is 3.09. The lowest BCUT2D eigenvalue weighted by Gasteiger charge is -2.16. The Hall–Kier alpha value is -3.08. The number of amides is 1. The van der Waals surface area contributed by atoms with Crippen molar-refractivity contribution in [2.24, 2.45) is 0 Å². The molecular weight excluding hydrogens is 428 g/mol. The van der Waals surface area contributed by atoms with E-state index in [4.69, 9.17) is 16.1 Å². The Labute approximate surface area is 179 Å². The molecule has 9 nitrogen and oxygen atoms in total. The molecule has 0 saturated carbocycles. The smallest absolute Gasteiger partial charge is 0.260 e. The molecule has 3 aromatic heterocycles. The standard InChI is InChI=1S/C19H15ClN6O3S/c1-26-6-5-19(28,17(26)27)13-8-12(29-25-13)10-3-2-4-11(7-10)23-18-24-14-15(20)21-9-22-16(14)30-18/h2-4,7-9,28H,5-6H2,1H3,(H,23,24)/t19-/m1/s1. The lowest BCUT2D eigenvalue weighted by Crippen LogP contribution is -2.36. The molecule has 0 unspecified atom stereocenters. The highest BCUT2D eigenvalue weighted by molar-refractivity contribution is 7.21. The van der Waals surface area contributed by atoms with Crippen molar-refractivity contribution < 1.29 is 14.4 Å². The van der Waals surface area contributed by atoms with Crippen LogP contribution in [0.2, 0.25) is 5.15 Å². The number of rotatable bonds is 4. The molecule has 4 aromatic rings. The molecule has 1 fully saturated rings. The minimum absolute atomic E-state index is 0.213. The molecule has 30 heavy (non-hydrogen) atoms. The third-order valence-corrected chi connectivity index (χ3v) is 6.15. The predicted molar refractivity (Wildman–Crippen MR) is 112 cm³/mol. The molecule has 1 aliphatic rings. The van der Waals surface area contributed by atoms with Crippen LogP contribution in [-0.2, 0) is 10.4 Å². The van der Waals surface area contributed by atoms with Crippen LogP contribution in [-0.4, -0.2) is 49.6 Å². The van der Waals surface area contributed by atoms with Gasteiger partial charge in [-0.15, -0.1) is 0 Å². The average molecular weight is 443 g/mol. The fraction of sp³-hybridized carbons (Fsp3) is 0.211. The number of thiazole rings is 1. The monoisotopic (exact) mass is 442 g/mol. The van der Waals surface area contributed by atoms with Gasteiger partial charge in [-0.3, -0.25) is 4.79 Å². The Bertz CT molecular complexity index is 1270. The molecule has 0 spiro atoms. The SMILES string of the molecule is CN1CC[C@@](O)(c2cc(-c3cccc(Nc4nc5c(Cl)ncnc5s4)c3)on2)C1=O. The van der Waals surface area contributed by atoms with Crippen molar-refractivity contribution >= 4 is 50.0 Å². The number of nitrogens with zero attached hydrogens (tertiary/aromatic N) is 5. The fourth-order valence-electron chi connectivity index (χ4n) is 3.35. The number of likely N-dealkylation sites (N-methyl/N-ethyl adjacent to an activating group) is 1. The minimum atomic E-state index is -1.65. The van der Waals surface area contributed by atoms with E-state index in [1.54, 1.807) is 13.1 Å². The summed E-state index contributed by atoms with van der Waals surface area (Å²) in [6.07, 6.45) is 1.68. The van der Waals surface area contributed by atoms with Crippen molar-refractivity contribution in [3.8, 4) is 11.3 Å². The Morgan fingerprint density at radius 2 is 2.20 bits per heavy atom. The minimum Gasteiger partial charge on any atom is -0.374 e. The fourth-order valence-corrected chi connectivity index (χ4v) is 4.41. The topological polar surface area (TPSA) is 117 Å². The highest BCUT2D eigenvalue weighted by atomic mass is 35.5. The third-order valence-electron chi connectivity index (χ3n) is 4.99. The zero-order valence-corrected chi connectivity index (χ0v) is 17.2. The van der Waals surface area contributed by atoms with Crippen molar-refractivity contribution in [3.05, 3.63) is 47.5 Å². The molecule has 2 N–H and O–H groups in total. The largest absolute Gasteiger partial charge is 0.374 e.